The van der Waals surface area contributed by atoms with E-state index in [2.05, 4.69) is 22.2 Å². The van der Waals surface area contributed by atoms with Gasteiger partial charge in [-0.1, -0.05) is 44.4 Å². The third kappa shape index (κ3) is 4.88. The predicted molar refractivity (Wildman–Crippen MR) is 105 cm³/mol. The van der Waals surface area contributed by atoms with Crippen molar-refractivity contribution in [2.24, 2.45) is 0 Å². The molecule has 1 aromatic carbocycles. The molecule has 0 spiro atoms. The highest BCUT2D eigenvalue weighted by molar-refractivity contribution is 5.94. The van der Waals surface area contributed by atoms with Gasteiger partial charge in [-0.05, 0) is 42.7 Å². The number of halogens is 1. The van der Waals surface area contributed by atoms with Crippen molar-refractivity contribution in [3.05, 3.63) is 71.3 Å². The zero-order chi connectivity index (χ0) is 19.1. The summed E-state index contributed by atoms with van der Waals surface area (Å²) in [5, 5.41) is 2.76. The van der Waals surface area contributed by atoms with Crippen LogP contribution in [0.5, 0.6) is 0 Å². The predicted octanol–water partition coefficient (Wildman–Crippen LogP) is 4.82. The molecule has 1 N–H and O–H groups in total. The molecule has 0 radical (unpaired) electrons. The lowest BCUT2D eigenvalue weighted by atomic mass is 10.0. The molecule has 27 heavy (non-hydrogen) atoms. The van der Waals surface area contributed by atoms with Crippen LogP contribution in [0.15, 0.2) is 48.7 Å². The SMILES string of the molecule is CCCCCCc1cccc(CNC(=O)c2ccc3ncccc3n2)c1F. The number of carbonyl (C=O) groups excluding carboxylic acids is 1. The topological polar surface area (TPSA) is 54.9 Å². The van der Waals surface area contributed by atoms with E-state index < -0.39 is 0 Å². The van der Waals surface area contributed by atoms with Gasteiger partial charge in [-0.25, -0.2) is 9.37 Å². The lowest BCUT2D eigenvalue weighted by molar-refractivity contribution is 0.0946. The fourth-order valence-electron chi connectivity index (χ4n) is 3.05. The summed E-state index contributed by atoms with van der Waals surface area (Å²) in [5.41, 5.74) is 2.90. The minimum absolute atomic E-state index is 0.139. The lowest BCUT2D eigenvalue weighted by Gasteiger charge is -2.10. The number of carbonyl (C=O) groups is 1. The maximum Gasteiger partial charge on any atom is 0.270 e. The van der Waals surface area contributed by atoms with Gasteiger partial charge >= 0.3 is 0 Å². The Kier molecular flexibility index (Phi) is 6.47. The van der Waals surface area contributed by atoms with Gasteiger partial charge in [-0.2, -0.15) is 0 Å². The summed E-state index contributed by atoms with van der Waals surface area (Å²) in [4.78, 5) is 20.9. The van der Waals surface area contributed by atoms with Crippen LogP contribution in [0.1, 0.15) is 54.2 Å². The number of amides is 1. The first-order valence-electron chi connectivity index (χ1n) is 9.45. The van der Waals surface area contributed by atoms with Gasteiger partial charge in [-0.3, -0.25) is 9.78 Å². The van der Waals surface area contributed by atoms with Crippen molar-refractivity contribution < 1.29 is 9.18 Å². The molecule has 0 aliphatic rings. The summed E-state index contributed by atoms with van der Waals surface area (Å²) in [6, 6.07) is 12.4. The van der Waals surface area contributed by atoms with Gasteiger partial charge < -0.3 is 5.32 Å². The first kappa shape index (κ1) is 19.0. The van der Waals surface area contributed by atoms with Gasteiger partial charge in [0.05, 0.1) is 11.0 Å². The molecule has 3 aromatic rings. The Morgan fingerprint density at radius 2 is 1.85 bits per heavy atom. The second-order valence-electron chi connectivity index (χ2n) is 6.62. The van der Waals surface area contributed by atoms with Crippen molar-refractivity contribution in [2.45, 2.75) is 45.6 Å². The molecule has 3 rings (SSSR count). The largest absolute Gasteiger partial charge is 0.347 e. The van der Waals surface area contributed by atoms with Crippen molar-refractivity contribution >= 4 is 16.9 Å². The van der Waals surface area contributed by atoms with Crippen LogP contribution in [-0.4, -0.2) is 15.9 Å². The highest BCUT2D eigenvalue weighted by Gasteiger charge is 2.12. The van der Waals surface area contributed by atoms with E-state index in [1.54, 1.807) is 36.5 Å². The van der Waals surface area contributed by atoms with Crippen LogP contribution in [0.2, 0.25) is 0 Å². The summed E-state index contributed by atoms with van der Waals surface area (Å²) in [7, 11) is 0. The molecule has 0 unspecified atom stereocenters. The Morgan fingerprint density at radius 3 is 2.70 bits per heavy atom. The van der Waals surface area contributed by atoms with Gasteiger partial charge in [0.2, 0.25) is 0 Å². The normalized spacial score (nSPS) is 10.9. The van der Waals surface area contributed by atoms with Crippen LogP contribution in [0, 0.1) is 5.82 Å². The summed E-state index contributed by atoms with van der Waals surface area (Å²) < 4.78 is 14.7. The molecule has 0 bridgehead atoms. The van der Waals surface area contributed by atoms with Crippen LogP contribution in [0.4, 0.5) is 4.39 Å². The number of nitrogens with zero attached hydrogens (tertiary/aromatic N) is 2. The van der Waals surface area contributed by atoms with Crippen LogP contribution in [0.3, 0.4) is 0 Å². The fourth-order valence-corrected chi connectivity index (χ4v) is 3.05. The quantitative estimate of drug-likeness (QED) is 0.582. The Labute approximate surface area is 158 Å². The summed E-state index contributed by atoms with van der Waals surface area (Å²) in [6.07, 6.45) is 6.84. The van der Waals surface area contributed by atoms with Crippen LogP contribution in [-0.2, 0) is 13.0 Å². The van der Waals surface area contributed by atoms with Gasteiger partial charge in [-0.15, -0.1) is 0 Å². The van der Waals surface area contributed by atoms with E-state index >= 15 is 0 Å². The van der Waals surface area contributed by atoms with Gasteiger partial charge in [0.1, 0.15) is 11.5 Å². The van der Waals surface area contributed by atoms with Crippen molar-refractivity contribution in [3.8, 4) is 0 Å². The number of aromatic nitrogens is 2. The number of rotatable bonds is 8. The number of aryl methyl sites for hydroxylation is 1. The molecule has 0 saturated carbocycles. The van der Waals surface area contributed by atoms with E-state index in [9.17, 15) is 9.18 Å². The molecule has 0 aliphatic heterocycles. The molecular weight excluding hydrogens is 341 g/mol. The zero-order valence-corrected chi connectivity index (χ0v) is 15.5. The number of pyridine rings is 2. The highest BCUT2D eigenvalue weighted by Crippen LogP contribution is 2.16. The third-order valence-electron chi connectivity index (χ3n) is 4.59. The minimum atomic E-state index is -0.325. The molecule has 0 fully saturated rings. The molecular formula is C22H24FN3O. The first-order chi connectivity index (χ1) is 13.2. The maximum absolute atomic E-state index is 14.7. The van der Waals surface area contributed by atoms with Gasteiger partial charge in [0.25, 0.3) is 5.91 Å². The minimum Gasteiger partial charge on any atom is -0.347 e. The maximum atomic E-state index is 14.7. The van der Waals surface area contributed by atoms with E-state index in [1.165, 1.54) is 6.42 Å². The second kappa shape index (κ2) is 9.21. The zero-order valence-electron chi connectivity index (χ0n) is 15.5. The summed E-state index contributed by atoms with van der Waals surface area (Å²) in [5.74, 6) is -0.543. The van der Waals surface area contributed by atoms with Gasteiger partial charge in [0.15, 0.2) is 0 Å². The van der Waals surface area contributed by atoms with E-state index in [4.69, 9.17) is 0 Å². The molecule has 0 aliphatic carbocycles. The third-order valence-corrected chi connectivity index (χ3v) is 4.59. The number of hydrogen-bond donors (Lipinski definition) is 1. The number of benzene rings is 1. The Bertz CT molecular complexity index is 926. The molecule has 5 heteroatoms. The average molecular weight is 365 g/mol. The van der Waals surface area contributed by atoms with Crippen LogP contribution < -0.4 is 5.32 Å². The summed E-state index contributed by atoms with van der Waals surface area (Å²) in [6.45, 7) is 2.30. The van der Waals surface area contributed by atoms with E-state index in [1.807, 2.05) is 12.1 Å². The monoisotopic (exact) mass is 365 g/mol. The van der Waals surface area contributed by atoms with E-state index in [-0.39, 0.29) is 18.3 Å². The Hall–Kier alpha value is -2.82. The molecule has 2 heterocycles. The smallest absolute Gasteiger partial charge is 0.270 e. The highest BCUT2D eigenvalue weighted by atomic mass is 19.1. The second-order valence-corrected chi connectivity index (χ2v) is 6.62. The molecule has 0 atom stereocenters. The van der Waals surface area contributed by atoms with Crippen molar-refractivity contribution in [3.63, 3.8) is 0 Å². The van der Waals surface area contributed by atoms with E-state index in [0.29, 0.717) is 22.3 Å². The van der Waals surface area contributed by atoms with Crippen LogP contribution in [0.25, 0.3) is 11.0 Å². The molecule has 0 saturated heterocycles. The van der Waals surface area contributed by atoms with Crippen molar-refractivity contribution in [1.29, 1.82) is 0 Å². The number of unbranched alkanes of at least 4 members (excludes halogenated alkanes) is 3. The van der Waals surface area contributed by atoms with Crippen molar-refractivity contribution in [2.75, 3.05) is 0 Å². The first-order valence-corrected chi connectivity index (χ1v) is 9.45. The number of hydrogen-bond acceptors (Lipinski definition) is 3. The Balaban J connectivity index is 1.64. The van der Waals surface area contributed by atoms with E-state index in [0.717, 1.165) is 31.2 Å². The molecule has 2 aromatic heterocycles. The summed E-state index contributed by atoms with van der Waals surface area (Å²) >= 11 is 0. The Morgan fingerprint density at radius 1 is 1.00 bits per heavy atom. The average Bonchev–Trinajstić information content (AvgIpc) is 2.70. The van der Waals surface area contributed by atoms with Crippen molar-refractivity contribution in [1.82, 2.24) is 15.3 Å². The van der Waals surface area contributed by atoms with Gasteiger partial charge in [0, 0.05) is 18.3 Å². The standard InChI is InChI=1S/C22H24FN3O/c1-2-3-4-5-8-16-9-6-10-17(21(16)23)15-25-22(27)20-13-12-18-19(26-20)11-7-14-24-18/h6-7,9-14H,2-5,8,15H2,1H3,(H,25,27). The van der Waals surface area contributed by atoms with Crippen LogP contribution >= 0.6 is 0 Å². The molecule has 140 valence electrons. The number of fused-ring (bicyclic) bond motifs is 1. The molecule has 4 nitrogen and oxygen atoms in total. The fraction of sp³-hybridized carbons (Fsp3) is 0.318. The number of nitrogens with one attached hydrogen (secondary N) is 1. The molecule has 1 amide bonds. The lowest BCUT2D eigenvalue weighted by Crippen LogP contribution is -2.24.